The molecule has 1 aromatic rings. The zero-order valence-electron chi connectivity index (χ0n) is 14.9. The minimum absolute atomic E-state index is 0.0417. The van der Waals surface area contributed by atoms with E-state index in [1.807, 2.05) is 6.92 Å². The number of rotatable bonds is 7. The maximum absolute atomic E-state index is 13.7. The van der Waals surface area contributed by atoms with Crippen molar-refractivity contribution >= 4 is 15.7 Å². The van der Waals surface area contributed by atoms with Crippen molar-refractivity contribution in [3.8, 4) is 5.75 Å². The number of carbonyl (C=O) groups excluding carboxylic acids is 1. The van der Waals surface area contributed by atoms with E-state index < -0.39 is 15.7 Å². The van der Waals surface area contributed by atoms with Gasteiger partial charge in [0, 0.05) is 19.1 Å². The van der Waals surface area contributed by atoms with Crippen molar-refractivity contribution in [2.75, 3.05) is 38.8 Å². The Hall–Kier alpha value is -1.67. The Morgan fingerprint density at radius 2 is 2.12 bits per heavy atom. The zero-order valence-corrected chi connectivity index (χ0v) is 15.7. The van der Waals surface area contributed by atoms with Gasteiger partial charge in [0.1, 0.15) is 0 Å². The van der Waals surface area contributed by atoms with E-state index in [0.29, 0.717) is 19.5 Å². The standard InChI is InChI=1S/C17H25FN2O4S/c1-4-20(14-7-8-25(22,23)12-14)17(21)11-19(2)10-13-5-6-16(24-3)15(18)9-13/h5-6,9,14H,4,7-8,10-12H2,1-3H3. The summed E-state index contributed by atoms with van der Waals surface area (Å²) in [7, 11) is 0.152. The maximum atomic E-state index is 13.7. The maximum Gasteiger partial charge on any atom is 0.237 e. The predicted octanol–water partition coefficient (Wildman–Crippen LogP) is 1.30. The second-order valence-corrected chi connectivity index (χ2v) is 8.61. The monoisotopic (exact) mass is 372 g/mol. The number of ether oxygens (including phenoxy) is 1. The lowest BCUT2D eigenvalue weighted by atomic mass is 10.2. The van der Waals surface area contributed by atoms with E-state index in [1.54, 1.807) is 29.0 Å². The number of halogens is 1. The fourth-order valence-corrected chi connectivity index (χ4v) is 4.89. The van der Waals surface area contributed by atoms with E-state index in [-0.39, 0.29) is 35.7 Å². The molecule has 0 saturated carbocycles. The van der Waals surface area contributed by atoms with Crippen LogP contribution in [0.5, 0.6) is 5.75 Å². The number of sulfone groups is 1. The van der Waals surface area contributed by atoms with E-state index in [0.717, 1.165) is 5.56 Å². The molecular weight excluding hydrogens is 347 g/mol. The number of hydrogen-bond donors (Lipinski definition) is 0. The van der Waals surface area contributed by atoms with Crippen molar-refractivity contribution in [2.24, 2.45) is 0 Å². The van der Waals surface area contributed by atoms with Gasteiger partial charge in [0.2, 0.25) is 5.91 Å². The molecule has 1 amide bonds. The van der Waals surface area contributed by atoms with Crippen LogP contribution in [-0.2, 0) is 21.2 Å². The van der Waals surface area contributed by atoms with Gasteiger partial charge < -0.3 is 9.64 Å². The van der Waals surface area contributed by atoms with Crippen LogP contribution in [0.25, 0.3) is 0 Å². The average molecular weight is 372 g/mol. The molecule has 2 rings (SSSR count). The molecule has 0 N–H and O–H groups in total. The van der Waals surface area contributed by atoms with Gasteiger partial charge >= 0.3 is 0 Å². The third-order valence-corrected chi connectivity index (χ3v) is 6.13. The molecule has 25 heavy (non-hydrogen) atoms. The Morgan fingerprint density at radius 3 is 2.64 bits per heavy atom. The summed E-state index contributed by atoms with van der Waals surface area (Å²) >= 11 is 0. The van der Waals surface area contributed by atoms with Gasteiger partial charge in [0.25, 0.3) is 0 Å². The fourth-order valence-electron chi connectivity index (χ4n) is 3.16. The minimum atomic E-state index is -3.03. The highest BCUT2D eigenvalue weighted by Gasteiger charge is 2.33. The van der Waals surface area contributed by atoms with E-state index >= 15 is 0 Å². The van der Waals surface area contributed by atoms with Gasteiger partial charge in [0.15, 0.2) is 21.4 Å². The van der Waals surface area contributed by atoms with Crippen LogP contribution in [0.2, 0.25) is 0 Å². The third kappa shape index (κ3) is 5.15. The summed E-state index contributed by atoms with van der Waals surface area (Å²) in [6, 6.07) is 4.46. The van der Waals surface area contributed by atoms with Gasteiger partial charge in [-0.2, -0.15) is 0 Å². The van der Waals surface area contributed by atoms with Crippen LogP contribution >= 0.6 is 0 Å². The van der Waals surface area contributed by atoms with E-state index in [9.17, 15) is 17.6 Å². The van der Waals surface area contributed by atoms with Crippen LogP contribution in [0.3, 0.4) is 0 Å². The van der Waals surface area contributed by atoms with Crippen molar-refractivity contribution in [3.05, 3.63) is 29.6 Å². The first-order valence-corrected chi connectivity index (χ1v) is 10.1. The van der Waals surface area contributed by atoms with Crippen LogP contribution in [0.4, 0.5) is 4.39 Å². The highest BCUT2D eigenvalue weighted by molar-refractivity contribution is 7.91. The molecule has 1 saturated heterocycles. The first-order valence-electron chi connectivity index (χ1n) is 8.26. The average Bonchev–Trinajstić information content (AvgIpc) is 2.87. The number of likely N-dealkylation sites (N-methyl/N-ethyl adjacent to an activating group) is 2. The molecule has 0 aliphatic carbocycles. The number of carbonyl (C=O) groups is 1. The molecule has 8 heteroatoms. The molecule has 6 nitrogen and oxygen atoms in total. The molecule has 0 radical (unpaired) electrons. The molecule has 1 fully saturated rings. The van der Waals surface area contributed by atoms with Gasteiger partial charge in [-0.15, -0.1) is 0 Å². The van der Waals surface area contributed by atoms with Gasteiger partial charge in [0.05, 0.1) is 25.2 Å². The molecule has 0 spiro atoms. The molecule has 1 unspecified atom stereocenters. The molecule has 1 aromatic carbocycles. The summed E-state index contributed by atoms with van der Waals surface area (Å²) in [5, 5.41) is 0. The molecule has 140 valence electrons. The molecule has 1 aliphatic rings. The molecule has 1 aliphatic heterocycles. The molecule has 0 bridgehead atoms. The normalized spacial score (nSPS) is 19.2. The highest BCUT2D eigenvalue weighted by Crippen LogP contribution is 2.20. The van der Waals surface area contributed by atoms with Crippen LogP contribution in [0.15, 0.2) is 18.2 Å². The molecular formula is C17H25FN2O4S. The van der Waals surface area contributed by atoms with Gasteiger partial charge in [-0.05, 0) is 38.1 Å². The van der Waals surface area contributed by atoms with Crippen molar-refractivity contribution < 1.29 is 22.3 Å². The quantitative estimate of drug-likeness (QED) is 0.722. The summed E-state index contributed by atoms with van der Waals surface area (Å²) < 4.78 is 41.9. The molecule has 0 aromatic heterocycles. The van der Waals surface area contributed by atoms with E-state index in [2.05, 4.69) is 0 Å². The van der Waals surface area contributed by atoms with Crippen LogP contribution in [0, 0.1) is 5.82 Å². The first-order chi connectivity index (χ1) is 11.8. The molecule has 1 heterocycles. The lowest BCUT2D eigenvalue weighted by Crippen LogP contribution is -2.45. The summed E-state index contributed by atoms with van der Waals surface area (Å²) in [6.45, 7) is 2.89. The van der Waals surface area contributed by atoms with E-state index in [1.165, 1.54) is 13.2 Å². The number of hydrogen-bond acceptors (Lipinski definition) is 5. The Morgan fingerprint density at radius 1 is 1.40 bits per heavy atom. The largest absolute Gasteiger partial charge is 0.494 e. The second kappa shape index (κ2) is 8.14. The first kappa shape index (κ1) is 19.7. The van der Waals surface area contributed by atoms with Crippen molar-refractivity contribution in [1.82, 2.24) is 9.80 Å². The minimum Gasteiger partial charge on any atom is -0.494 e. The SMILES string of the molecule is CCN(C(=O)CN(C)Cc1ccc(OC)c(F)c1)C1CCS(=O)(=O)C1. The second-order valence-electron chi connectivity index (χ2n) is 6.38. The summed E-state index contributed by atoms with van der Waals surface area (Å²) in [5.41, 5.74) is 0.736. The third-order valence-electron chi connectivity index (χ3n) is 4.38. The number of nitrogens with zero attached hydrogens (tertiary/aromatic N) is 2. The Balaban J connectivity index is 1.95. The van der Waals surface area contributed by atoms with Crippen molar-refractivity contribution in [1.29, 1.82) is 0 Å². The number of benzene rings is 1. The molecule has 1 atom stereocenters. The lowest BCUT2D eigenvalue weighted by molar-refractivity contribution is -0.133. The van der Waals surface area contributed by atoms with Gasteiger partial charge in [-0.1, -0.05) is 6.07 Å². The zero-order chi connectivity index (χ0) is 18.6. The summed E-state index contributed by atoms with van der Waals surface area (Å²) in [4.78, 5) is 16.0. The van der Waals surface area contributed by atoms with Crippen LogP contribution in [0.1, 0.15) is 18.9 Å². The fraction of sp³-hybridized carbons (Fsp3) is 0.588. The number of amides is 1. The smallest absolute Gasteiger partial charge is 0.237 e. The topological polar surface area (TPSA) is 66.9 Å². The van der Waals surface area contributed by atoms with E-state index in [4.69, 9.17) is 4.74 Å². The van der Waals surface area contributed by atoms with Gasteiger partial charge in [-0.3, -0.25) is 9.69 Å². The Bertz CT molecular complexity index is 723. The highest BCUT2D eigenvalue weighted by atomic mass is 32.2. The van der Waals surface area contributed by atoms with Crippen LogP contribution < -0.4 is 4.74 Å². The Labute approximate surface area is 148 Å². The van der Waals surface area contributed by atoms with Crippen molar-refractivity contribution in [3.63, 3.8) is 0 Å². The summed E-state index contributed by atoms with van der Waals surface area (Å²) in [6.07, 6.45) is 0.495. The lowest BCUT2D eigenvalue weighted by Gasteiger charge is -2.29. The predicted molar refractivity (Wildman–Crippen MR) is 93.7 cm³/mol. The van der Waals surface area contributed by atoms with Gasteiger partial charge in [-0.25, -0.2) is 12.8 Å². The summed E-state index contributed by atoms with van der Waals surface area (Å²) in [5.74, 6) is -0.184. The van der Waals surface area contributed by atoms with Crippen molar-refractivity contribution in [2.45, 2.75) is 25.9 Å². The number of methoxy groups -OCH3 is 1. The Kier molecular flexibility index (Phi) is 6.40. The van der Waals surface area contributed by atoms with Crippen LogP contribution in [-0.4, -0.2) is 68.9 Å².